The maximum Gasteiger partial charge on any atom is 0.346 e. The van der Waals surface area contributed by atoms with Gasteiger partial charge in [0.25, 0.3) is 5.91 Å². The molecule has 1 fully saturated rings. The van der Waals surface area contributed by atoms with E-state index < -0.39 is 23.4 Å². The van der Waals surface area contributed by atoms with Crippen molar-refractivity contribution >= 4 is 47.0 Å². The Kier molecular flexibility index (Phi) is 4.00. The first-order valence-electron chi connectivity index (χ1n) is 8.40. The number of esters is 1. The molecular weight excluding hydrogens is 368 g/mol. The fraction of sp³-hybridized carbons (Fsp3) is 0.150. The maximum absolute atomic E-state index is 13.4. The van der Waals surface area contributed by atoms with Crippen LogP contribution in [0.4, 0.5) is 16.2 Å². The maximum atomic E-state index is 13.4. The Bertz CT molecular complexity index is 986. The Morgan fingerprint density at radius 1 is 1.11 bits per heavy atom. The zero-order valence-corrected chi connectivity index (χ0v) is 15.1. The topological polar surface area (TPSA) is 66.9 Å². The fourth-order valence-electron chi connectivity index (χ4n) is 3.39. The molecule has 2 aromatic carbocycles. The number of hydrogen-bond acceptors (Lipinski definition) is 4. The molecule has 136 valence electrons. The summed E-state index contributed by atoms with van der Waals surface area (Å²) in [5, 5.41) is 0.473. The number of amides is 3. The molecule has 1 saturated heterocycles. The van der Waals surface area contributed by atoms with Crippen LogP contribution in [0.2, 0.25) is 5.02 Å². The number of carbonyl (C=O) groups excluding carboxylic acids is 3. The van der Waals surface area contributed by atoms with Crippen LogP contribution in [0.1, 0.15) is 12.5 Å². The van der Waals surface area contributed by atoms with Crippen LogP contribution in [-0.2, 0) is 14.3 Å². The molecule has 4 rings (SSSR count). The van der Waals surface area contributed by atoms with E-state index in [0.717, 1.165) is 10.5 Å². The Hall–Kier alpha value is -3.12. The number of carbonyl (C=O) groups is 3. The molecule has 7 heteroatoms. The molecule has 2 aliphatic rings. The highest BCUT2D eigenvalue weighted by Gasteiger charge is 2.64. The van der Waals surface area contributed by atoms with Crippen LogP contribution in [0.15, 0.2) is 54.6 Å². The Morgan fingerprint density at radius 2 is 1.81 bits per heavy atom. The summed E-state index contributed by atoms with van der Waals surface area (Å²) >= 11 is 5.91. The van der Waals surface area contributed by atoms with Crippen LogP contribution in [0, 0.1) is 0 Å². The predicted molar refractivity (Wildman–Crippen MR) is 102 cm³/mol. The van der Waals surface area contributed by atoms with Crippen molar-refractivity contribution in [3.8, 4) is 0 Å². The van der Waals surface area contributed by atoms with E-state index in [4.69, 9.17) is 16.3 Å². The van der Waals surface area contributed by atoms with E-state index in [1.165, 1.54) is 11.0 Å². The van der Waals surface area contributed by atoms with Crippen molar-refractivity contribution in [2.75, 3.05) is 16.4 Å². The van der Waals surface area contributed by atoms with Gasteiger partial charge in [-0.25, -0.2) is 14.5 Å². The van der Waals surface area contributed by atoms with Gasteiger partial charge in [-0.3, -0.25) is 9.69 Å². The summed E-state index contributed by atoms with van der Waals surface area (Å²) in [5.41, 5.74) is -0.320. The first-order valence-corrected chi connectivity index (χ1v) is 8.78. The normalized spacial score (nSPS) is 20.5. The molecule has 2 heterocycles. The van der Waals surface area contributed by atoms with E-state index in [9.17, 15) is 14.4 Å². The van der Waals surface area contributed by atoms with Gasteiger partial charge in [0.05, 0.1) is 18.0 Å². The molecule has 27 heavy (non-hydrogen) atoms. The number of urea groups is 1. The van der Waals surface area contributed by atoms with E-state index in [1.54, 1.807) is 49.4 Å². The van der Waals surface area contributed by atoms with Crippen molar-refractivity contribution in [2.45, 2.75) is 12.5 Å². The van der Waals surface area contributed by atoms with E-state index in [0.29, 0.717) is 16.4 Å². The number of halogens is 1. The molecule has 6 nitrogen and oxygen atoms in total. The van der Waals surface area contributed by atoms with Gasteiger partial charge in [-0.2, -0.15) is 0 Å². The molecule has 2 aromatic rings. The highest BCUT2D eigenvalue weighted by molar-refractivity contribution is 6.39. The fourth-order valence-corrected chi connectivity index (χ4v) is 3.52. The van der Waals surface area contributed by atoms with E-state index in [1.807, 2.05) is 12.1 Å². The third-order valence-corrected chi connectivity index (χ3v) is 4.87. The first-order chi connectivity index (χ1) is 13.0. The number of para-hydroxylation sites is 1. The van der Waals surface area contributed by atoms with Crippen LogP contribution in [0.3, 0.4) is 0 Å². The lowest BCUT2D eigenvalue weighted by atomic mass is 9.90. The summed E-state index contributed by atoms with van der Waals surface area (Å²) in [5.74, 6) is -1.47. The van der Waals surface area contributed by atoms with Crippen LogP contribution in [0.5, 0.6) is 0 Å². The van der Waals surface area contributed by atoms with Crippen molar-refractivity contribution in [1.29, 1.82) is 0 Å². The van der Waals surface area contributed by atoms with Gasteiger partial charge in [0.15, 0.2) is 0 Å². The van der Waals surface area contributed by atoms with Gasteiger partial charge in [0.2, 0.25) is 5.54 Å². The second kappa shape index (κ2) is 6.25. The summed E-state index contributed by atoms with van der Waals surface area (Å²) in [6.07, 6.45) is 3.10. The van der Waals surface area contributed by atoms with Gasteiger partial charge in [0.1, 0.15) is 0 Å². The quantitative estimate of drug-likeness (QED) is 0.461. The molecule has 2 aliphatic heterocycles. The lowest BCUT2D eigenvalue weighted by Crippen LogP contribution is -2.57. The van der Waals surface area contributed by atoms with E-state index in [2.05, 4.69) is 0 Å². The van der Waals surface area contributed by atoms with Crippen LogP contribution < -0.4 is 9.80 Å². The molecular formula is C20H15ClN2O4. The lowest BCUT2D eigenvalue weighted by molar-refractivity contribution is -0.150. The molecule has 1 unspecified atom stereocenters. The highest BCUT2D eigenvalue weighted by Crippen LogP contribution is 2.43. The smallest absolute Gasteiger partial charge is 0.346 e. The molecule has 1 atom stereocenters. The van der Waals surface area contributed by atoms with Gasteiger partial charge in [-0.15, -0.1) is 0 Å². The number of benzene rings is 2. The van der Waals surface area contributed by atoms with Crippen LogP contribution >= 0.6 is 11.6 Å². The van der Waals surface area contributed by atoms with Crippen LogP contribution in [-0.4, -0.2) is 30.1 Å². The minimum Gasteiger partial charge on any atom is -0.464 e. The summed E-state index contributed by atoms with van der Waals surface area (Å²) in [6.45, 7) is 1.74. The number of nitrogens with zero attached hydrogens (tertiary/aromatic N) is 2. The minimum atomic E-state index is -1.86. The molecule has 0 aromatic heterocycles. The predicted octanol–water partition coefficient (Wildman–Crippen LogP) is 3.64. The third kappa shape index (κ3) is 2.37. The van der Waals surface area contributed by atoms with Gasteiger partial charge in [-0.1, -0.05) is 35.9 Å². The molecule has 0 bridgehead atoms. The number of hydrogen-bond donors (Lipinski definition) is 0. The number of fused-ring (bicyclic) bond motifs is 3. The largest absolute Gasteiger partial charge is 0.464 e. The standard InChI is InChI=1S/C20H15ClN2O4/c1-2-27-18(25)20-12-11-13-5-3-4-6-16(13)23(20)19(26)22(17(20)24)15-9-7-14(21)8-10-15/h3-12H,2H2,1H3. The van der Waals surface area contributed by atoms with Gasteiger partial charge in [-0.05, 0) is 48.9 Å². The number of rotatable bonds is 3. The Morgan fingerprint density at radius 3 is 2.52 bits per heavy atom. The molecule has 0 radical (unpaired) electrons. The number of ether oxygens (including phenoxy) is 1. The summed E-state index contributed by atoms with van der Waals surface area (Å²) in [6, 6.07) is 12.7. The van der Waals surface area contributed by atoms with Crippen molar-refractivity contribution in [3.63, 3.8) is 0 Å². The van der Waals surface area contributed by atoms with Gasteiger partial charge < -0.3 is 4.74 Å². The van der Waals surface area contributed by atoms with Gasteiger partial charge in [0, 0.05) is 5.02 Å². The number of anilines is 2. The highest BCUT2D eigenvalue weighted by atomic mass is 35.5. The van der Waals surface area contributed by atoms with Crippen LogP contribution in [0.25, 0.3) is 6.08 Å². The van der Waals surface area contributed by atoms with Crippen molar-refractivity contribution in [2.24, 2.45) is 0 Å². The molecule has 0 N–H and O–H groups in total. The average molecular weight is 383 g/mol. The molecule has 0 aliphatic carbocycles. The second-order valence-electron chi connectivity index (χ2n) is 6.11. The summed E-state index contributed by atoms with van der Waals surface area (Å²) in [7, 11) is 0. The monoisotopic (exact) mass is 382 g/mol. The Labute approximate surface area is 160 Å². The zero-order chi connectivity index (χ0) is 19.2. The summed E-state index contributed by atoms with van der Waals surface area (Å²) in [4.78, 5) is 41.7. The van der Waals surface area contributed by atoms with E-state index in [-0.39, 0.29) is 6.61 Å². The number of imide groups is 1. The van der Waals surface area contributed by atoms with Gasteiger partial charge >= 0.3 is 12.0 Å². The summed E-state index contributed by atoms with van der Waals surface area (Å²) < 4.78 is 5.17. The molecule has 3 amide bonds. The second-order valence-corrected chi connectivity index (χ2v) is 6.55. The SMILES string of the molecule is CCOC(=O)C12C=Cc3ccccc3N1C(=O)N(c1ccc(Cl)cc1)C2=O. The average Bonchev–Trinajstić information content (AvgIpc) is 2.91. The van der Waals surface area contributed by atoms with Crippen molar-refractivity contribution in [1.82, 2.24) is 0 Å². The third-order valence-electron chi connectivity index (χ3n) is 4.62. The first kappa shape index (κ1) is 17.3. The minimum absolute atomic E-state index is 0.0896. The van der Waals surface area contributed by atoms with E-state index >= 15 is 0 Å². The lowest BCUT2D eigenvalue weighted by Gasteiger charge is -2.33. The molecule has 0 saturated carbocycles. The van der Waals surface area contributed by atoms with Crippen molar-refractivity contribution < 1.29 is 19.1 Å². The molecule has 0 spiro atoms. The van der Waals surface area contributed by atoms with Crippen molar-refractivity contribution in [3.05, 3.63) is 65.2 Å². The zero-order valence-electron chi connectivity index (χ0n) is 14.4. The Balaban J connectivity index is 1.92.